The molecular weight excluding hydrogens is 624 g/mol. The van der Waals surface area contributed by atoms with E-state index in [2.05, 4.69) is 20.8 Å². The normalized spacial score (nSPS) is 11.2. The summed E-state index contributed by atoms with van der Waals surface area (Å²) in [4.78, 5) is 37.7. The molecule has 2 aromatic carbocycles. The van der Waals surface area contributed by atoms with Gasteiger partial charge in [-0.3, -0.25) is 14.4 Å². The van der Waals surface area contributed by atoms with Gasteiger partial charge in [0.2, 0.25) is 0 Å². The van der Waals surface area contributed by atoms with Gasteiger partial charge in [0.15, 0.2) is 0 Å². The fourth-order valence-corrected chi connectivity index (χ4v) is 5.87. The van der Waals surface area contributed by atoms with Crippen LogP contribution < -0.4 is 14.2 Å². The zero-order chi connectivity index (χ0) is 36.1. The van der Waals surface area contributed by atoms with Crippen LogP contribution in [-0.2, 0) is 14.4 Å². The SMILES string of the molecule is CCCCCCCCCC(=O)Oc1ccc(C=Cc2cc(OC(=O)CCCCCCCCC)cc(OC(=O)CCCCCCCCC)c2)cc1. The summed E-state index contributed by atoms with van der Waals surface area (Å²) in [5, 5.41) is 0. The second-order valence-electron chi connectivity index (χ2n) is 13.7. The fraction of sp³-hybridized carbons (Fsp3) is 0.614. The standard InChI is InChI=1S/C44H66O6/c1-4-7-10-13-16-19-22-25-42(45)48-39-32-30-37(31-33-39)28-29-38-34-40(49-43(46)26-23-20-17-14-11-8-5-2)36-41(35-38)50-44(47)27-24-21-18-15-12-9-6-3/h28-36H,4-27H2,1-3H3. The van der Waals surface area contributed by atoms with Crippen LogP contribution in [0.2, 0.25) is 0 Å². The highest BCUT2D eigenvalue weighted by Crippen LogP contribution is 2.26. The Kier molecular flexibility index (Phi) is 24.2. The first kappa shape index (κ1) is 42.8. The zero-order valence-corrected chi connectivity index (χ0v) is 31.6. The molecule has 0 fully saturated rings. The van der Waals surface area contributed by atoms with Crippen LogP contribution in [0.1, 0.15) is 186 Å². The minimum absolute atomic E-state index is 0.200. The number of ether oxygens (including phenoxy) is 3. The molecule has 0 aliphatic heterocycles. The van der Waals surface area contributed by atoms with Crippen LogP contribution >= 0.6 is 0 Å². The van der Waals surface area contributed by atoms with Crippen molar-refractivity contribution in [3.63, 3.8) is 0 Å². The van der Waals surface area contributed by atoms with E-state index in [1.165, 1.54) is 83.5 Å². The molecule has 0 spiro atoms. The molecule has 0 bridgehead atoms. The van der Waals surface area contributed by atoms with Crippen molar-refractivity contribution in [1.82, 2.24) is 0 Å². The molecule has 6 nitrogen and oxygen atoms in total. The van der Waals surface area contributed by atoms with Crippen LogP contribution in [0.3, 0.4) is 0 Å². The number of benzene rings is 2. The summed E-state index contributed by atoms with van der Waals surface area (Å²) in [5.74, 6) is 0.493. The molecule has 0 heterocycles. The van der Waals surface area contributed by atoms with E-state index in [0.717, 1.165) is 62.5 Å². The van der Waals surface area contributed by atoms with Crippen molar-refractivity contribution in [2.75, 3.05) is 0 Å². The van der Waals surface area contributed by atoms with Gasteiger partial charge in [-0.05, 0) is 54.7 Å². The highest BCUT2D eigenvalue weighted by molar-refractivity contribution is 5.77. The molecule has 2 rings (SSSR count). The number of carbonyl (C=O) groups excluding carboxylic acids is 3. The topological polar surface area (TPSA) is 78.9 Å². The van der Waals surface area contributed by atoms with Crippen LogP contribution in [0.4, 0.5) is 0 Å². The average Bonchev–Trinajstić information content (AvgIpc) is 3.10. The summed E-state index contributed by atoms with van der Waals surface area (Å²) in [7, 11) is 0. The van der Waals surface area contributed by atoms with E-state index in [1.54, 1.807) is 30.3 Å². The average molecular weight is 691 g/mol. The summed E-state index contributed by atoms with van der Waals surface area (Å²) < 4.78 is 17.0. The number of unbranched alkanes of at least 4 members (excludes halogenated alkanes) is 18. The lowest BCUT2D eigenvalue weighted by molar-refractivity contribution is -0.135. The first-order valence-corrected chi connectivity index (χ1v) is 20.0. The summed E-state index contributed by atoms with van der Waals surface area (Å²) in [5.41, 5.74) is 1.66. The van der Waals surface area contributed by atoms with Gasteiger partial charge >= 0.3 is 17.9 Å². The van der Waals surface area contributed by atoms with E-state index >= 15 is 0 Å². The molecule has 0 aliphatic rings. The third kappa shape index (κ3) is 21.6. The van der Waals surface area contributed by atoms with Gasteiger partial charge in [0.05, 0.1) is 0 Å². The number of esters is 3. The maximum Gasteiger partial charge on any atom is 0.311 e. The highest BCUT2D eigenvalue weighted by atomic mass is 16.5. The fourth-order valence-electron chi connectivity index (χ4n) is 5.87. The van der Waals surface area contributed by atoms with E-state index < -0.39 is 0 Å². The predicted molar refractivity (Wildman–Crippen MR) is 207 cm³/mol. The van der Waals surface area contributed by atoms with Crippen LogP contribution in [0.15, 0.2) is 42.5 Å². The van der Waals surface area contributed by atoms with Crippen LogP contribution in [0.5, 0.6) is 17.2 Å². The Bertz CT molecular complexity index is 1180. The van der Waals surface area contributed by atoms with E-state index in [9.17, 15) is 14.4 Å². The molecule has 0 amide bonds. The molecule has 6 heteroatoms. The van der Waals surface area contributed by atoms with Gasteiger partial charge in [-0.2, -0.15) is 0 Å². The summed E-state index contributed by atoms with van der Waals surface area (Å²) in [6.07, 6.45) is 28.9. The van der Waals surface area contributed by atoms with E-state index in [0.29, 0.717) is 36.5 Å². The number of hydrogen-bond donors (Lipinski definition) is 0. The minimum Gasteiger partial charge on any atom is -0.427 e. The number of carbonyl (C=O) groups is 3. The third-order valence-electron chi connectivity index (χ3n) is 8.90. The van der Waals surface area contributed by atoms with Gasteiger partial charge in [0.25, 0.3) is 0 Å². The largest absolute Gasteiger partial charge is 0.427 e. The molecule has 278 valence electrons. The van der Waals surface area contributed by atoms with Crippen molar-refractivity contribution < 1.29 is 28.6 Å². The molecule has 0 saturated heterocycles. The van der Waals surface area contributed by atoms with E-state index in [4.69, 9.17) is 14.2 Å². The van der Waals surface area contributed by atoms with E-state index in [-0.39, 0.29) is 17.9 Å². The van der Waals surface area contributed by atoms with Crippen molar-refractivity contribution in [2.24, 2.45) is 0 Å². The molecule has 50 heavy (non-hydrogen) atoms. The Morgan fingerprint density at radius 1 is 0.400 bits per heavy atom. The predicted octanol–water partition coefficient (Wildman–Crippen LogP) is 13.0. The second-order valence-corrected chi connectivity index (χ2v) is 13.7. The molecule has 0 N–H and O–H groups in total. The summed E-state index contributed by atoms with van der Waals surface area (Å²) in [6.45, 7) is 6.63. The second kappa shape index (κ2) is 28.3. The molecule has 0 radical (unpaired) electrons. The first-order chi connectivity index (χ1) is 24.4. The highest BCUT2D eigenvalue weighted by Gasteiger charge is 2.11. The molecule has 0 aromatic heterocycles. The minimum atomic E-state index is -0.280. The number of rotatable bonds is 29. The van der Waals surface area contributed by atoms with Crippen molar-refractivity contribution in [2.45, 2.75) is 175 Å². The molecule has 0 saturated carbocycles. The summed E-state index contributed by atoms with van der Waals surface area (Å²) in [6, 6.07) is 12.6. The maximum absolute atomic E-state index is 12.7. The summed E-state index contributed by atoms with van der Waals surface area (Å²) >= 11 is 0. The molecule has 2 aromatic rings. The lowest BCUT2D eigenvalue weighted by Gasteiger charge is -2.10. The molecule has 0 atom stereocenters. The lowest BCUT2D eigenvalue weighted by atomic mass is 10.1. The quantitative estimate of drug-likeness (QED) is 0.0366. The van der Waals surface area contributed by atoms with Crippen molar-refractivity contribution >= 4 is 30.1 Å². The van der Waals surface area contributed by atoms with E-state index in [1.807, 2.05) is 24.3 Å². The Hall–Kier alpha value is -3.41. The van der Waals surface area contributed by atoms with Crippen molar-refractivity contribution in [3.8, 4) is 17.2 Å². The lowest BCUT2D eigenvalue weighted by Crippen LogP contribution is -2.10. The van der Waals surface area contributed by atoms with Crippen molar-refractivity contribution in [3.05, 3.63) is 53.6 Å². The Morgan fingerprint density at radius 3 is 1.10 bits per heavy atom. The third-order valence-corrected chi connectivity index (χ3v) is 8.90. The number of hydrogen-bond acceptors (Lipinski definition) is 6. The molecular formula is C44H66O6. The molecule has 0 aliphatic carbocycles. The van der Waals surface area contributed by atoms with Gasteiger partial charge in [-0.1, -0.05) is 161 Å². The van der Waals surface area contributed by atoms with Gasteiger partial charge in [-0.15, -0.1) is 0 Å². The van der Waals surface area contributed by atoms with Crippen molar-refractivity contribution in [1.29, 1.82) is 0 Å². The zero-order valence-electron chi connectivity index (χ0n) is 31.6. The Balaban J connectivity index is 1.96. The van der Waals surface area contributed by atoms with Gasteiger partial charge in [0.1, 0.15) is 17.2 Å². The smallest absolute Gasteiger partial charge is 0.311 e. The van der Waals surface area contributed by atoms with Crippen LogP contribution in [0.25, 0.3) is 12.2 Å². The maximum atomic E-state index is 12.7. The van der Waals surface area contributed by atoms with Crippen LogP contribution in [-0.4, -0.2) is 17.9 Å². The Labute approximate surface area is 303 Å². The van der Waals surface area contributed by atoms with Gasteiger partial charge < -0.3 is 14.2 Å². The monoisotopic (exact) mass is 690 g/mol. The van der Waals surface area contributed by atoms with Gasteiger partial charge in [-0.25, -0.2) is 0 Å². The Morgan fingerprint density at radius 2 is 0.720 bits per heavy atom. The molecule has 0 unspecified atom stereocenters. The van der Waals surface area contributed by atoms with Crippen LogP contribution in [0, 0.1) is 0 Å². The first-order valence-electron chi connectivity index (χ1n) is 20.0. The van der Waals surface area contributed by atoms with Gasteiger partial charge in [0, 0.05) is 25.3 Å².